The van der Waals surface area contributed by atoms with Gasteiger partial charge in [0.1, 0.15) is 0 Å². The standard InChI is InChI=1S/C10H18N2O3/c11-6-10(2-1-3-10)9(15)12-4-7(13)8(14)5-12/h7-8,13-14H,1-6,11H2/t7-,8+. The van der Waals surface area contributed by atoms with Gasteiger partial charge in [0, 0.05) is 19.6 Å². The van der Waals surface area contributed by atoms with Crippen LogP contribution in [0.3, 0.4) is 0 Å². The first-order chi connectivity index (χ1) is 7.09. The van der Waals surface area contributed by atoms with Gasteiger partial charge in [-0.05, 0) is 12.8 Å². The normalized spacial score (nSPS) is 33.9. The number of hydrogen-bond donors (Lipinski definition) is 3. The predicted octanol–water partition coefficient (Wildman–Crippen LogP) is -1.32. The van der Waals surface area contributed by atoms with E-state index in [9.17, 15) is 15.0 Å². The Morgan fingerprint density at radius 2 is 1.87 bits per heavy atom. The van der Waals surface area contributed by atoms with Crippen molar-refractivity contribution in [3.63, 3.8) is 0 Å². The largest absolute Gasteiger partial charge is 0.388 e. The number of nitrogens with two attached hydrogens (primary N) is 1. The zero-order valence-corrected chi connectivity index (χ0v) is 8.72. The van der Waals surface area contributed by atoms with E-state index in [4.69, 9.17) is 5.73 Å². The molecule has 0 aromatic rings. The van der Waals surface area contributed by atoms with Crippen LogP contribution in [0.2, 0.25) is 0 Å². The second kappa shape index (κ2) is 3.73. The summed E-state index contributed by atoms with van der Waals surface area (Å²) in [5.41, 5.74) is 5.24. The molecule has 2 fully saturated rings. The van der Waals surface area contributed by atoms with Gasteiger partial charge in [0.05, 0.1) is 17.6 Å². The molecule has 2 atom stereocenters. The molecule has 0 bridgehead atoms. The summed E-state index contributed by atoms with van der Waals surface area (Å²) in [6.07, 6.45) is 1.12. The summed E-state index contributed by atoms with van der Waals surface area (Å²) < 4.78 is 0. The van der Waals surface area contributed by atoms with E-state index >= 15 is 0 Å². The Balaban J connectivity index is 2.02. The number of carbonyl (C=O) groups excluding carboxylic acids is 1. The van der Waals surface area contributed by atoms with Crippen molar-refractivity contribution in [2.75, 3.05) is 19.6 Å². The van der Waals surface area contributed by atoms with Crippen LogP contribution in [0.25, 0.3) is 0 Å². The van der Waals surface area contributed by atoms with Crippen molar-refractivity contribution < 1.29 is 15.0 Å². The smallest absolute Gasteiger partial charge is 0.230 e. The molecule has 1 aliphatic heterocycles. The van der Waals surface area contributed by atoms with Crippen LogP contribution in [-0.4, -0.2) is 52.9 Å². The summed E-state index contributed by atoms with van der Waals surface area (Å²) in [6, 6.07) is 0. The topological polar surface area (TPSA) is 86.8 Å². The zero-order chi connectivity index (χ0) is 11.1. The molecule has 2 rings (SSSR count). The molecule has 1 amide bonds. The summed E-state index contributed by atoms with van der Waals surface area (Å²) >= 11 is 0. The molecule has 4 N–H and O–H groups in total. The number of rotatable bonds is 2. The first kappa shape index (κ1) is 10.9. The van der Waals surface area contributed by atoms with E-state index in [-0.39, 0.29) is 19.0 Å². The van der Waals surface area contributed by atoms with E-state index in [1.807, 2.05) is 0 Å². The number of amides is 1. The maximum atomic E-state index is 12.1. The molecule has 15 heavy (non-hydrogen) atoms. The summed E-state index contributed by atoms with van der Waals surface area (Å²) in [5.74, 6) is 0.00634. The summed E-state index contributed by atoms with van der Waals surface area (Å²) in [7, 11) is 0. The van der Waals surface area contributed by atoms with E-state index in [0.29, 0.717) is 6.54 Å². The Labute approximate surface area is 88.9 Å². The Morgan fingerprint density at radius 3 is 2.20 bits per heavy atom. The number of nitrogens with zero attached hydrogens (tertiary/aromatic N) is 1. The lowest BCUT2D eigenvalue weighted by atomic mass is 9.68. The van der Waals surface area contributed by atoms with Gasteiger partial charge in [-0.1, -0.05) is 6.42 Å². The molecule has 86 valence electrons. The predicted molar refractivity (Wildman–Crippen MR) is 53.9 cm³/mol. The minimum absolute atomic E-state index is 0.00634. The van der Waals surface area contributed by atoms with Gasteiger partial charge >= 0.3 is 0 Å². The van der Waals surface area contributed by atoms with Crippen LogP contribution in [0.15, 0.2) is 0 Å². The second-order valence-corrected chi connectivity index (χ2v) is 4.68. The van der Waals surface area contributed by atoms with Crippen LogP contribution in [0, 0.1) is 5.41 Å². The highest BCUT2D eigenvalue weighted by molar-refractivity contribution is 5.84. The lowest BCUT2D eigenvalue weighted by Gasteiger charge is -2.41. The average Bonchev–Trinajstić information content (AvgIpc) is 2.46. The molecule has 1 heterocycles. The van der Waals surface area contributed by atoms with Crippen LogP contribution in [0.4, 0.5) is 0 Å². The highest BCUT2D eigenvalue weighted by atomic mass is 16.3. The Kier molecular flexibility index (Phi) is 2.70. The Bertz CT molecular complexity index is 250. The molecule has 2 aliphatic rings. The van der Waals surface area contributed by atoms with Crippen molar-refractivity contribution in [3.8, 4) is 0 Å². The first-order valence-electron chi connectivity index (χ1n) is 5.45. The minimum atomic E-state index is -0.802. The fourth-order valence-corrected chi connectivity index (χ4v) is 2.38. The van der Waals surface area contributed by atoms with Crippen molar-refractivity contribution in [1.29, 1.82) is 0 Å². The first-order valence-corrected chi connectivity index (χ1v) is 5.45. The van der Waals surface area contributed by atoms with Gasteiger partial charge in [-0.3, -0.25) is 4.79 Å². The average molecular weight is 214 g/mol. The van der Waals surface area contributed by atoms with Gasteiger partial charge in [0.15, 0.2) is 0 Å². The van der Waals surface area contributed by atoms with E-state index in [1.54, 1.807) is 4.90 Å². The monoisotopic (exact) mass is 214 g/mol. The summed E-state index contributed by atoms with van der Waals surface area (Å²) in [5, 5.41) is 18.7. The maximum absolute atomic E-state index is 12.1. The van der Waals surface area contributed by atoms with Gasteiger partial charge in [-0.25, -0.2) is 0 Å². The van der Waals surface area contributed by atoms with Crippen molar-refractivity contribution in [3.05, 3.63) is 0 Å². The van der Waals surface area contributed by atoms with Crippen LogP contribution in [0.5, 0.6) is 0 Å². The molecule has 5 heteroatoms. The lowest BCUT2D eigenvalue weighted by molar-refractivity contribution is -0.146. The van der Waals surface area contributed by atoms with Gasteiger partial charge in [-0.15, -0.1) is 0 Å². The molecule has 1 aliphatic carbocycles. The molecule has 0 aromatic heterocycles. The van der Waals surface area contributed by atoms with Crippen LogP contribution >= 0.6 is 0 Å². The summed E-state index contributed by atoms with van der Waals surface area (Å²) in [4.78, 5) is 13.6. The summed E-state index contributed by atoms with van der Waals surface area (Å²) in [6.45, 7) is 0.845. The Hall–Kier alpha value is -0.650. The highest BCUT2D eigenvalue weighted by Gasteiger charge is 2.47. The number of aliphatic hydroxyl groups is 2. The number of hydrogen-bond acceptors (Lipinski definition) is 4. The van der Waals surface area contributed by atoms with Gasteiger partial charge in [0.25, 0.3) is 0 Å². The molecular formula is C10H18N2O3. The van der Waals surface area contributed by atoms with Crippen molar-refractivity contribution >= 4 is 5.91 Å². The number of carbonyl (C=O) groups is 1. The maximum Gasteiger partial charge on any atom is 0.230 e. The fourth-order valence-electron chi connectivity index (χ4n) is 2.38. The second-order valence-electron chi connectivity index (χ2n) is 4.68. The molecule has 1 saturated heterocycles. The van der Waals surface area contributed by atoms with E-state index in [2.05, 4.69) is 0 Å². The highest BCUT2D eigenvalue weighted by Crippen LogP contribution is 2.42. The van der Waals surface area contributed by atoms with E-state index in [0.717, 1.165) is 19.3 Å². The molecule has 0 aromatic carbocycles. The molecule has 0 spiro atoms. The lowest BCUT2D eigenvalue weighted by Crippen LogP contribution is -2.51. The van der Waals surface area contributed by atoms with Crippen LogP contribution in [-0.2, 0) is 4.79 Å². The SMILES string of the molecule is NCC1(C(=O)N2C[C@@H](O)[C@@H](O)C2)CCC1. The van der Waals surface area contributed by atoms with Crippen molar-refractivity contribution in [2.45, 2.75) is 31.5 Å². The van der Waals surface area contributed by atoms with Gasteiger partial charge in [0.2, 0.25) is 5.91 Å². The number of aliphatic hydroxyl groups excluding tert-OH is 2. The van der Waals surface area contributed by atoms with Crippen molar-refractivity contribution in [2.24, 2.45) is 11.1 Å². The zero-order valence-electron chi connectivity index (χ0n) is 8.72. The van der Waals surface area contributed by atoms with E-state index < -0.39 is 17.6 Å². The fraction of sp³-hybridized carbons (Fsp3) is 0.900. The third-order valence-corrected chi connectivity index (χ3v) is 3.70. The molecule has 0 unspecified atom stereocenters. The molecular weight excluding hydrogens is 196 g/mol. The number of β-amino-alcohol motifs (C(OH)–C–C–N with tert-alkyl or cyclic N) is 2. The number of likely N-dealkylation sites (tertiary alicyclic amines) is 1. The minimum Gasteiger partial charge on any atom is -0.388 e. The quantitative estimate of drug-likeness (QED) is 0.532. The third kappa shape index (κ3) is 1.64. The molecule has 1 saturated carbocycles. The van der Waals surface area contributed by atoms with Gasteiger partial charge in [-0.2, -0.15) is 0 Å². The van der Waals surface area contributed by atoms with E-state index in [1.165, 1.54) is 0 Å². The van der Waals surface area contributed by atoms with Crippen LogP contribution < -0.4 is 5.73 Å². The molecule has 0 radical (unpaired) electrons. The van der Waals surface area contributed by atoms with Crippen molar-refractivity contribution in [1.82, 2.24) is 4.90 Å². The Morgan fingerprint density at radius 1 is 1.33 bits per heavy atom. The third-order valence-electron chi connectivity index (χ3n) is 3.70. The molecule has 5 nitrogen and oxygen atoms in total. The van der Waals surface area contributed by atoms with Crippen LogP contribution in [0.1, 0.15) is 19.3 Å². The van der Waals surface area contributed by atoms with Gasteiger partial charge < -0.3 is 20.8 Å².